The zero-order chi connectivity index (χ0) is 59.7. The summed E-state index contributed by atoms with van der Waals surface area (Å²) in [6, 6.07) is 133. The Bertz CT molecular complexity index is 5240. The largest absolute Gasteiger partial charge is 0.309 e. The van der Waals surface area contributed by atoms with Crippen LogP contribution in [-0.4, -0.2) is 0 Å². The van der Waals surface area contributed by atoms with Crippen molar-refractivity contribution in [1.29, 1.82) is 0 Å². The van der Waals surface area contributed by atoms with Crippen LogP contribution in [0.1, 0.15) is 0 Å². The van der Waals surface area contributed by atoms with Crippen LogP contribution in [0.5, 0.6) is 0 Å². The molecule has 0 aliphatic heterocycles. The minimum Gasteiger partial charge on any atom is -0.309 e. The standard InChI is InChI=1S/C88H60N2/c1-5-23-61(24-6-1)65-47-53-73(54-48-65)89(87-83-41-19-15-37-79(83)77-35-13-17-39-81(77)85(87)69-29-11-4-12-30-69)74-55-51-67(52-56-74)64-43-45-68(46-44-64)70-31-21-33-72(59-70)86-82-40-18-14-36-78(82)80-38-16-20-42-84(80)88(86)90(75-57-49-66(50-58-75)62-25-7-2-8-26-62)76-34-22-32-71(60-76)63-27-9-3-10-28-63/h1-60H. The van der Waals surface area contributed by atoms with Gasteiger partial charge in [0.25, 0.3) is 0 Å². The van der Waals surface area contributed by atoms with E-state index in [-0.39, 0.29) is 0 Å². The van der Waals surface area contributed by atoms with Gasteiger partial charge in [0.1, 0.15) is 0 Å². The molecule has 0 heterocycles. The Morgan fingerprint density at radius 1 is 0.133 bits per heavy atom. The second kappa shape index (κ2) is 23.4. The molecule has 0 aromatic heterocycles. The van der Waals surface area contributed by atoms with E-state index in [1.54, 1.807) is 0 Å². The number of fused-ring (bicyclic) bond motifs is 6. The highest BCUT2D eigenvalue weighted by atomic mass is 15.2. The average molecular weight is 1150 g/mol. The minimum absolute atomic E-state index is 1.07. The van der Waals surface area contributed by atoms with E-state index in [4.69, 9.17) is 0 Å². The number of benzene rings is 16. The van der Waals surface area contributed by atoms with Crippen molar-refractivity contribution in [3.8, 4) is 77.9 Å². The quantitative estimate of drug-likeness (QED) is 0.106. The molecule has 0 aliphatic rings. The van der Waals surface area contributed by atoms with Crippen molar-refractivity contribution < 1.29 is 0 Å². The van der Waals surface area contributed by atoms with Crippen molar-refractivity contribution >= 4 is 77.2 Å². The van der Waals surface area contributed by atoms with Gasteiger partial charge in [-0.15, -0.1) is 0 Å². The Morgan fingerprint density at radius 3 is 0.789 bits per heavy atom. The number of anilines is 6. The fourth-order valence-electron chi connectivity index (χ4n) is 13.5. The molecule has 0 unspecified atom stereocenters. The Hall–Kier alpha value is -11.8. The highest BCUT2D eigenvalue weighted by molar-refractivity contribution is 6.24. The van der Waals surface area contributed by atoms with E-state index in [9.17, 15) is 0 Å². The van der Waals surface area contributed by atoms with Gasteiger partial charge in [0.05, 0.1) is 11.4 Å². The third-order valence-electron chi connectivity index (χ3n) is 17.8. The summed E-state index contributed by atoms with van der Waals surface area (Å²) >= 11 is 0. The van der Waals surface area contributed by atoms with Crippen molar-refractivity contribution in [1.82, 2.24) is 0 Å². The molecule has 0 fully saturated rings. The lowest BCUT2D eigenvalue weighted by Crippen LogP contribution is -2.12. The van der Waals surface area contributed by atoms with E-state index in [0.29, 0.717) is 0 Å². The van der Waals surface area contributed by atoms with Crippen LogP contribution in [0.4, 0.5) is 34.1 Å². The third-order valence-corrected chi connectivity index (χ3v) is 17.8. The van der Waals surface area contributed by atoms with Crippen LogP contribution in [0.2, 0.25) is 0 Å². The highest BCUT2D eigenvalue weighted by Gasteiger charge is 2.26. The molecule has 0 amide bonds. The summed E-state index contributed by atoms with van der Waals surface area (Å²) in [6.07, 6.45) is 0. The summed E-state index contributed by atoms with van der Waals surface area (Å²) in [5.41, 5.74) is 22.9. The molecule has 2 nitrogen and oxygen atoms in total. The second-order valence-corrected chi connectivity index (χ2v) is 23.1. The zero-order valence-electron chi connectivity index (χ0n) is 49.5. The van der Waals surface area contributed by atoms with Gasteiger partial charge in [0.2, 0.25) is 0 Å². The van der Waals surface area contributed by atoms with Crippen LogP contribution in [-0.2, 0) is 0 Å². The monoisotopic (exact) mass is 1140 g/mol. The summed E-state index contributed by atoms with van der Waals surface area (Å²) in [5, 5.41) is 9.66. The van der Waals surface area contributed by atoms with Gasteiger partial charge < -0.3 is 9.80 Å². The molecule has 16 aromatic carbocycles. The molecule has 2 heteroatoms. The summed E-state index contributed by atoms with van der Waals surface area (Å²) in [4.78, 5) is 4.96. The fraction of sp³-hybridized carbons (Fsp3) is 0. The smallest absolute Gasteiger partial charge is 0.0624 e. The second-order valence-electron chi connectivity index (χ2n) is 23.1. The Labute approximate surface area is 525 Å². The van der Waals surface area contributed by atoms with Gasteiger partial charge in [0.15, 0.2) is 0 Å². The lowest BCUT2D eigenvalue weighted by molar-refractivity contribution is 1.30. The first-order valence-corrected chi connectivity index (χ1v) is 31.0. The molecule has 0 radical (unpaired) electrons. The molecular weight excluding hydrogens is 1080 g/mol. The van der Waals surface area contributed by atoms with Crippen molar-refractivity contribution in [3.63, 3.8) is 0 Å². The summed E-state index contributed by atoms with van der Waals surface area (Å²) in [6.45, 7) is 0. The van der Waals surface area contributed by atoms with Crippen LogP contribution in [0.25, 0.3) is 121 Å². The van der Waals surface area contributed by atoms with E-state index < -0.39 is 0 Å². The first kappa shape index (κ1) is 53.6. The lowest BCUT2D eigenvalue weighted by Gasteiger charge is -2.31. The summed E-state index contributed by atoms with van der Waals surface area (Å²) in [5.74, 6) is 0. The Kier molecular flexibility index (Phi) is 14.0. The molecule has 0 atom stereocenters. The number of nitrogens with zero attached hydrogens (tertiary/aromatic N) is 2. The van der Waals surface area contributed by atoms with E-state index >= 15 is 0 Å². The normalized spacial score (nSPS) is 11.3. The minimum atomic E-state index is 1.07. The Morgan fingerprint density at radius 2 is 0.378 bits per heavy atom. The topological polar surface area (TPSA) is 6.48 Å². The first-order valence-electron chi connectivity index (χ1n) is 31.0. The van der Waals surface area contributed by atoms with Crippen molar-refractivity contribution in [2.24, 2.45) is 0 Å². The number of hydrogen-bond acceptors (Lipinski definition) is 2. The molecular formula is C88H60N2. The molecule has 0 saturated carbocycles. The molecule has 422 valence electrons. The van der Waals surface area contributed by atoms with Gasteiger partial charge in [-0.1, -0.05) is 309 Å². The molecule has 16 aromatic rings. The van der Waals surface area contributed by atoms with Crippen molar-refractivity contribution in [2.45, 2.75) is 0 Å². The van der Waals surface area contributed by atoms with Gasteiger partial charge in [-0.05, 0) is 154 Å². The van der Waals surface area contributed by atoms with E-state index in [1.807, 2.05) is 0 Å². The van der Waals surface area contributed by atoms with Gasteiger partial charge in [-0.25, -0.2) is 0 Å². The predicted molar refractivity (Wildman–Crippen MR) is 384 cm³/mol. The SMILES string of the molecule is c1ccc(-c2ccc(N(c3ccc(-c4ccc(-c5cccc(-c6c(N(c7ccc(-c8ccccc8)cc7)c7cccc(-c8ccccc8)c7)c7ccccc7c7ccccc67)c5)cc4)cc3)c3c(-c4ccccc4)c4ccccc4c4ccccc34)cc2)cc1. The molecule has 90 heavy (non-hydrogen) atoms. The van der Waals surface area contributed by atoms with E-state index in [1.165, 1.54) is 87.6 Å². The molecule has 0 aliphatic carbocycles. The maximum Gasteiger partial charge on any atom is 0.0624 e. The molecule has 0 bridgehead atoms. The summed E-state index contributed by atoms with van der Waals surface area (Å²) in [7, 11) is 0. The van der Waals surface area contributed by atoms with Gasteiger partial charge in [-0.3, -0.25) is 0 Å². The Balaban J connectivity index is 0.804. The average Bonchev–Trinajstić information content (AvgIpc) is 0.775. The zero-order valence-corrected chi connectivity index (χ0v) is 49.5. The summed E-state index contributed by atoms with van der Waals surface area (Å²) < 4.78 is 0. The molecule has 0 N–H and O–H groups in total. The number of hydrogen-bond donors (Lipinski definition) is 0. The maximum atomic E-state index is 2.49. The lowest BCUT2D eigenvalue weighted by atomic mass is 9.88. The van der Waals surface area contributed by atoms with Crippen LogP contribution < -0.4 is 9.80 Å². The van der Waals surface area contributed by atoms with Crippen molar-refractivity contribution in [3.05, 3.63) is 364 Å². The maximum absolute atomic E-state index is 2.49. The third kappa shape index (κ3) is 9.93. The number of rotatable bonds is 13. The van der Waals surface area contributed by atoms with E-state index in [2.05, 4.69) is 374 Å². The predicted octanol–water partition coefficient (Wildman–Crippen LogP) is 24.9. The first-order chi connectivity index (χ1) is 44.7. The molecule has 16 rings (SSSR count). The van der Waals surface area contributed by atoms with Crippen LogP contribution in [0.3, 0.4) is 0 Å². The fourth-order valence-corrected chi connectivity index (χ4v) is 13.5. The van der Waals surface area contributed by atoms with Crippen LogP contribution in [0, 0.1) is 0 Å². The molecule has 0 spiro atoms. The van der Waals surface area contributed by atoms with E-state index in [0.717, 1.165) is 67.5 Å². The van der Waals surface area contributed by atoms with Gasteiger partial charge in [0, 0.05) is 44.6 Å². The van der Waals surface area contributed by atoms with Gasteiger partial charge in [-0.2, -0.15) is 0 Å². The molecule has 0 saturated heterocycles. The van der Waals surface area contributed by atoms with Crippen LogP contribution in [0.15, 0.2) is 364 Å². The van der Waals surface area contributed by atoms with Crippen LogP contribution >= 0.6 is 0 Å². The van der Waals surface area contributed by atoms with Crippen molar-refractivity contribution in [2.75, 3.05) is 9.80 Å². The van der Waals surface area contributed by atoms with Gasteiger partial charge >= 0.3 is 0 Å². The highest BCUT2D eigenvalue weighted by Crippen LogP contribution is 2.52.